The maximum atomic E-state index is 3.39. The second-order valence-electron chi connectivity index (χ2n) is 4.24. The summed E-state index contributed by atoms with van der Waals surface area (Å²) in [5.41, 5.74) is 1.43. The number of hydrogen-bond acceptors (Lipinski definition) is 2. The summed E-state index contributed by atoms with van der Waals surface area (Å²) in [7, 11) is 4.32. The molecular weight excluding hydrogens is 172 g/mol. The van der Waals surface area contributed by atoms with Crippen molar-refractivity contribution in [3.63, 3.8) is 0 Å². The molecule has 2 atom stereocenters. The summed E-state index contributed by atoms with van der Waals surface area (Å²) in [6.45, 7) is 1.18. The molecule has 1 aliphatic rings. The summed E-state index contributed by atoms with van der Waals surface area (Å²) in [6, 6.07) is 12.1. The molecule has 2 rings (SSSR count). The van der Waals surface area contributed by atoms with Crippen LogP contribution >= 0.6 is 0 Å². The molecule has 1 fully saturated rings. The van der Waals surface area contributed by atoms with Gasteiger partial charge in [0.2, 0.25) is 0 Å². The Labute approximate surface area is 85.9 Å². The molecule has 0 amide bonds. The Morgan fingerprint density at radius 1 is 1.36 bits per heavy atom. The molecule has 76 valence electrons. The van der Waals surface area contributed by atoms with Gasteiger partial charge in [0, 0.05) is 18.6 Å². The van der Waals surface area contributed by atoms with E-state index in [4.69, 9.17) is 0 Å². The van der Waals surface area contributed by atoms with E-state index in [9.17, 15) is 0 Å². The molecule has 1 aromatic rings. The quantitative estimate of drug-likeness (QED) is 0.720. The van der Waals surface area contributed by atoms with Crippen LogP contribution in [-0.4, -0.2) is 37.6 Å². The highest BCUT2D eigenvalue weighted by Crippen LogP contribution is 2.14. The summed E-state index contributed by atoms with van der Waals surface area (Å²) in [5.74, 6) is 0. The van der Waals surface area contributed by atoms with Gasteiger partial charge < -0.3 is 10.2 Å². The lowest BCUT2D eigenvalue weighted by Gasteiger charge is -2.23. The highest BCUT2D eigenvalue weighted by Gasteiger charge is 2.31. The molecular formula is C12H18N2. The van der Waals surface area contributed by atoms with Crippen LogP contribution in [0, 0.1) is 0 Å². The van der Waals surface area contributed by atoms with Gasteiger partial charge in [-0.25, -0.2) is 0 Å². The number of hydrogen-bond donors (Lipinski definition) is 1. The smallest absolute Gasteiger partial charge is 0.0352 e. The van der Waals surface area contributed by atoms with Crippen LogP contribution in [0.1, 0.15) is 5.56 Å². The van der Waals surface area contributed by atoms with Gasteiger partial charge in [0.05, 0.1) is 0 Å². The maximum Gasteiger partial charge on any atom is 0.0352 e. The first kappa shape index (κ1) is 9.69. The highest BCUT2D eigenvalue weighted by molar-refractivity contribution is 5.17. The minimum Gasteiger partial charge on any atom is -0.310 e. The summed E-state index contributed by atoms with van der Waals surface area (Å²) in [6.07, 6.45) is 1.14. The first-order valence-electron chi connectivity index (χ1n) is 5.21. The Bertz CT molecular complexity index is 276. The summed E-state index contributed by atoms with van der Waals surface area (Å²) in [5, 5.41) is 3.39. The number of likely N-dealkylation sites (N-methyl/N-ethyl adjacent to an activating group) is 1. The summed E-state index contributed by atoms with van der Waals surface area (Å²) in [4.78, 5) is 2.32. The van der Waals surface area contributed by atoms with Gasteiger partial charge in [-0.15, -0.1) is 0 Å². The van der Waals surface area contributed by atoms with E-state index in [-0.39, 0.29) is 0 Å². The van der Waals surface area contributed by atoms with Crippen LogP contribution in [-0.2, 0) is 6.42 Å². The normalized spacial score (nSPS) is 22.4. The average molecular weight is 190 g/mol. The van der Waals surface area contributed by atoms with Crippen LogP contribution in [0.5, 0.6) is 0 Å². The van der Waals surface area contributed by atoms with Crippen LogP contribution in [0.25, 0.3) is 0 Å². The third kappa shape index (κ3) is 2.34. The monoisotopic (exact) mass is 190 g/mol. The van der Waals surface area contributed by atoms with Crippen molar-refractivity contribution in [2.75, 3.05) is 20.6 Å². The molecule has 0 saturated carbocycles. The maximum absolute atomic E-state index is 3.39. The van der Waals surface area contributed by atoms with E-state index >= 15 is 0 Å². The van der Waals surface area contributed by atoms with E-state index in [1.54, 1.807) is 0 Å². The predicted molar refractivity (Wildman–Crippen MR) is 59.4 cm³/mol. The number of rotatable bonds is 4. The van der Waals surface area contributed by atoms with E-state index in [0.29, 0.717) is 12.1 Å². The van der Waals surface area contributed by atoms with E-state index in [1.807, 2.05) is 0 Å². The molecule has 1 unspecified atom stereocenters. The second-order valence-corrected chi connectivity index (χ2v) is 4.24. The zero-order valence-corrected chi connectivity index (χ0v) is 8.90. The van der Waals surface area contributed by atoms with Gasteiger partial charge in [0.1, 0.15) is 0 Å². The fourth-order valence-corrected chi connectivity index (χ4v) is 1.88. The molecule has 0 radical (unpaired) electrons. The first-order valence-corrected chi connectivity index (χ1v) is 5.21. The molecule has 1 aliphatic heterocycles. The van der Waals surface area contributed by atoms with Crippen molar-refractivity contribution in [1.29, 1.82) is 0 Å². The van der Waals surface area contributed by atoms with Crippen molar-refractivity contribution < 1.29 is 0 Å². The first-order chi connectivity index (χ1) is 6.77. The molecule has 2 nitrogen and oxygen atoms in total. The zero-order valence-electron chi connectivity index (χ0n) is 8.90. The van der Waals surface area contributed by atoms with Gasteiger partial charge in [0.25, 0.3) is 0 Å². The molecule has 1 heterocycles. The van der Waals surface area contributed by atoms with E-state index in [2.05, 4.69) is 54.6 Å². The molecule has 0 spiro atoms. The number of nitrogens with one attached hydrogen (secondary N) is 1. The zero-order chi connectivity index (χ0) is 9.97. The Hall–Kier alpha value is -0.860. The van der Waals surface area contributed by atoms with Crippen LogP contribution in [0.4, 0.5) is 0 Å². The van der Waals surface area contributed by atoms with Gasteiger partial charge in [-0.1, -0.05) is 30.3 Å². The largest absolute Gasteiger partial charge is 0.310 e. The minimum absolute atomic E-state index is 0.636. The SMILES string of the molecule is CN(C)C(Cc1ccccc1)[C@H]1CN1. The van der Waals surface area contributed by atoms with E-state index in [1.165, 1.54) is 12.1 Å². The average Bonchev–Trinajstić information content (AvgIpc) is 2.99. The Kier molecular flexibility index (Phi) is 2.85. The molecule has 14 heavy (non-hydrogen) atoms. The van der Waals surface area contributed by atoms with E-state index in [0.717, 1.165) is 6.42 Å². The molecule has 1 N–H and O–H groups in total. The minimum atomic E-state index is 0.636. The van der Waals surface area contributed by atoms with Gasteiger partial charge in [0.15, 0.2) is 0 Å². The van der Waals surface area contributed by atoms with Crippen molar-refractivity contribution in [2.45, 2.75) is 18.5 Å². The number of nitrogens with zero attached hydrogens (tertiary/aromatic N) is 1. The van der Waals surface area contributed by atoms with E-state index < -0.39 is 0 Å². The summed E-state index contributed by atoms with van der Waals surface area (Å²) < 4.78 is 0. The molecule has 0 aliphatic carbocycles. The van der Waals surface area contributed by atoms with Crippen LogP contribution in [0.3, 0.4) is 0 Å². The second kappa shape index (κ2) is 4.11. The van der Waals surface area contributed by atoms with Crippen molar-refractivity contribution >= 4 is 0 Å². The van der Waals surface area contributed by atoms with Crippen LogP contribution < -0.4 is 5.32 Å². The fourth-order valence-electron chi connectivity index (χ4n) is 1.88. The van der Waals surface area contributed by atoms with Gasteiger partial charge in [-0.05, 0) is 26.1 Å². The van der Waals surface area contributed by atoms with Crippen molar-refractivity contribution in [1.82, 2.24) is 10.2 Å². The molecule has 0 aromatic heterocycles. The van der Waals surface area contributed by atoms with Crippen molar-refractivity contribution in [3.05, 3.63) is 35.9 Å². The molecule has 1 aromatic carbocycles. The van der Waals surface area contributed by atoms with Gasteiger partial charge in [-0.2, -0.15) is 0 Å². The Balaban J connectivity index is 2.00. The van der Waals surface area contributed by atoms with Gasteiger partial charge >= 0.3 is 0 Å². The predicted octanol–water partition coefficient (Wildman–Crippen LogP) is 1.13. The third-order valence-corrected chi connectivity index (χ3v) is 2.86. The fraction of sp³-hybridized carbons (Fsp3) is 0.500. The van der Waals surface area contributed by atoms with Crippen LogP contribution in [0.15, 0.2) is 30.3 Å². The topological polar surface area (TPSA) is 25.2 Å². The third-order valence-electron chi connectivity index (χ3n) is 2.86. The lowest BCUT2D eigenvalue weighted by atomic mass is 10.0. The molecule has 0 bridgehead atoms. The van der Waals surface area contributed by atoms with Crippen molar-refractivity contribution in [2.24, 2.45) is 0 Å². The Morgan fingerprint density at radius 2 is 2.00 bits per heavy atom. The molecule has 2 heteroatoms. The Morgan fingerprint density at radius 3 is 2.50 bits per heavy atom. The lowest BCUT2D eigenvalue weighted by Crippen LogP contribution is -2.36. The lowest BCUT2D eigenvalue weighted by molar-refractivity contribution is 0.287. The standard InChI is InChI=1S/C12H18N2/c1-14(2)12(11-9-13-11)8-10-6-4-3-5-7-10/h3-7,11-13H,8-9H2,1-2H3/t11-,12?/m1/s1. The van der Waals surface area contributed by atoms with Crippen LogP contribution in [0.2, 0.25) is 0 Å². The number of benzene rings is 1. The molecule has 1 saturated heterocycles. The highest BCUT2D eigenvalue weighted by atomic mass is 15.2. The van der Waals surface area contributed by atoms with Gasteiger partial charge in [-0.3, -0.25) is 0 Å². The summed E-state index contributed by atoms with van der Waals surface area (Å²) >= 11 is 0. The van der Waals surface area contributed by atoms with Crippen molar-refractivity contribution in [3.8, 4) is 0 Å².